The van der Waals surface area contributed by atoms with Gasteiger partial charge in [0.05, 0.1) is 11.0 Å². The Morgan fingerprint density at radius 3 is 2.48 bits per heavy atom. The second kappa shape index (κ2) is 10.2. The molecule has 3 rings (SSSR count). The van der Waals surface area contributed by atoms with Crippen LogP contribution < -0.4 is 10.2 Å². The van der Waals surface area contributed by atoms with E-state index in [1.54, 1.807) is 0 Å². The zero-order valence-corrected chi connectivity index (χ0v) is 20.0. The van der Waals surface area contributed by atoms with E-state index in [0.717, 1.165) is 31.4 Å². The summed E-state index contributed by atoms with van der Waals surface area (Å²) in [4.78, 5) is 21.5. The standard InChI is InChI=1S/C24H37F3N4O2/c1-16(2)23(7-5-20(14-23)29-18(4)17(3)15-32)22(33)31-11-9-30(10-12-31)21-13-19(6-8-28-21)24(25,26)27/h6,8,13,16-18,20,29,32H,5,7,9-12,14-15H2,1-4H3/t17?,18?,20-,23+/m1/s1. The van der Waals surface area contributed by atoms with Crippen molar-refractivity contribution in [2.24, 2.45) is 17.3 Å². The van der Waals surface area contributed by atoms with Crippen LogP contribution in [0.5, 0.6) is 0 Å². The van der Waals surface area contributed by atoms with Gasteiger partial charge in [0.25, 0.3) is 0 Å². The van der Waals surface area contributed by atoms with Gasteiger partial charge in [-0.05, 0) is 50.2 Å². The summed E-state index contributed by atoms with van der Waals surface area (Å²) in [5.74, 6) is 0.784. The zero-order chi connectivity index (χ0) is 24.4. The molecule has 1 saturated carbocycles. The first-order chi connectivity index (χ1) is 15.5. The Labute approximate surface area is 194 Å². The molecule has 0 bridgehead atoms. The van der Waals surface area contributed by atoms with E-state index in [1.807, 2.05) is 16.7 Å². The highest BCUT2D eigenvalue weighted by molar-refractivity contribution is 5.84. The van der Waals surface area contributed by atoms with E-state index in [9.17, 15) is 23.1 Å². The lowest BCUT2D eigenvalue weighted by atomic mass is 9.74. The lowest BCUT2D eigenvalue weighted by molar-refractivity contribution is -0.145. The minimum absolute atomic E-state index is 0.125. The number of piperazine rings is 1. The average Bonchev–Trinajstić information content (AvgIpc) is 3.22. The molecule has 6 nitrogen and oxygen atoms in total. The first kappa shape index (κ1) is 25.7. The van der Waals surface area contributed by atoms with Crippen molar-refractivity contribution in [3.63, 3.8) is 0 Å². The predicted octanol–water partition coefficient (Wildman–Crippen LogP) is 3.55. The maximum atomic E-state index is 13.7. The van der Waals surface area contributed by atoms with Crippen molar-refractivity contribution in [3.8, 4) is 0 Å². The number of amides is 1. The van der Waals surface area contributed by atoms with Crippen molar-refractivity contribution < 1.29 is 23.1 Å². The van der Waals surface area contributed by atoms with Gasteiger partial charge >= 0.3 is 6.18 Å². The smallest absolute Gasteiger partial charge is 0.396 e. The highest BCUT2D eigenvalue weighted by Gasteiger charge is 2.49. The first-order valence-electron chi connectivity index (χ1n) is 11.9. The minimum atomic E-state index is -4.40. The van der Waals surface area contributed by atoms with Gasteiger partial charge in [0.1, 0.15) is 5.82 Å². The highest BCUT2D eigenvalue weighted by Crippen LogP contribution is 2.46. The molecular weight excluding hydrogens is 433 g/mol. The molecule has 2 aliphatic rings. The summed E-state index contributed by atoms with van der Waals surface area (Å²) < 4.78 is 39.2. The number of aliphatic hydroxyl groups excluding tert-OH is 1. The Morgan fingerprint density at radius 2 is 1.91 bits per heavy atom. The molecule has 2 fully saturated rings. The number of hydrogen-bond donors (Lipinski definition) is 2. The van der Waals surface area contributed by atoms with Crippen LogP contribution in [0.15, 0.2) is 18.3 Å². The maximum absolute atomic E-state index is 13.7. The van der Waals surface area contributed by atoms with E-state index in [1.165, 1.54) is 6.20 Å². The SMILES string of the molecule is CC(CO)C(C)N[C@@H]1CC[C@@](C(=O)N2CCN(c3cc(C(F)(F)F)ccn3)CC2)(C(C)C)C1. The number of nitrogens with zero attached hydrogens (tertiary/aromatic N) is 3. The largest absolute Gasteiger partial charge is 0.416 e. The molecule has 1 saturated heterocycles. The number of carbonyl (C=O) groups excluding carboxylic acids is 1. The predicted molar refractivity (Wildman–Crippen MR) is 122 cm³/mol. The Kier molecular flexibility index (Phi) is 7.94. The summed E-state index contributed by atoms with van der Waals surface area (Å²) in [5.41, 5.74) is -1.14. The molecule has 33 heavy (non-hydrogen) atoms. The normalized spacial score (nSPS) is 26.0. The number of aliphatic hydroxyl groups is 1. The number of hydrogen-bond acceptors (Lipinski definition) is 5. The highest BCUT2D eigenvalue weighted by atomic mass is 19.4. The van der Waals surface area contributed by atoms with E-state index >= 15 is 0 Å². The molecule has 1 aliphatic heterocycles. The van der Waals surface area contributed by atoms with Crippen LogP contribution in [0.1, 0.15) is 52.5 Å². The Bertz CT molecular complexity index is 811. The number of pyridine rings is 1. The number of carbonyl (C=O) groups is 1. The van der Waals surface area contributed by atoms with Gasteiger partial charge in [0.15, 0.2) is 0 Å². The van der Waals surface area contributed by atoms with Gasteiger partial charge in [-0.3, -0.25) is 4.79 Å². The maximum Gasteiger partial charge on any atom is 0.416 e. The van der Waals surface area contributed by atoms with Gasteiger partial charge in [0, 0.05) is 51.1 Å². The fourth-order valence-corrected chi connectivity index (χ4v) is 5.10. The third-order valence-corrected chi connectivity index (χ3v) is 7.68. The summed E-state index contributed by atoms with van der Waals surface area (Å²) in [5, 5.41) is 13.0. The van der Waals surface area contributed by atoms with Gasteiger partial charge in [0.2, 0.25) is 5.91 Å². The summed E-state index contributed by atoms with van der Waals surface area (Å²) in [6, 6.07) is 2.45. The number of anilines is 1. The Balaban J connectivity index is 1.64. The second-order valence-electron chi connectivity index (χ2n) is 10.0. The molecule has 2 N–H and O–H groups in total. The summed E-state index contributed by atoms with van der Waals surface area (Å²) in [6.07, 6.45) is -0.717. The summed E-state index contributed by atoms with van der Waals surface area (Å²) in [7, 11) is 0. The van der Waals surface area contributed by atoms with E-state index in [4.69, 9.17) is 0 Å². The molecule has 4 atom stereocenters. The molecule has 9 heteroatoms. The number of halogens is 3. The van der Waals surface area contributed by atoms with E-state index in [0.29, 0.717) is 32.0 Å². The van der Waals surface area contributed by atoms with Crippen molar-refractivity contribution in [3.05, 3.63) is 23.9 Å². The zero-order valence-electron chi connectivity index (χ0n) is 20.0. The van der Waals surface area contributed by atoms with Crippen molar-refractivity contribution in [2.75, 3.05) is 37.7 Å². The fraction of sp³-hybridized carbons (Fsp3) is 0.750. The molecule has 1 aliphatic carbocycles. The van der Waals surface area contributed by atoms with E-state index in [-0.39, 0.29) is 36.4 Å². The lowest BCUT2D eigenvalue weighted by Crippen LogP contribution is -2.54. The average molecular weight is 471 g/mol. The minimum Gasteiger partial charge on any atom is -0.396 e. The molecule has 2 unspecified atom stereocenters. The molecule has 186 valence electrons. The lowest BCUT2D eigenvalue weighted by Gasteiger charge is -2.42. The molecular formula is C24H37F3N4O2. The van der Waals surface area contributed by atoms with Gasteiger partial charge in [-0.2, -0.15) is 13.2 Å². The van der Waals surface area contributed by atoms with Gasteiger partial charge in [-0.1, -0.05) is 20.8 Å². The Hall–Kier alpha value is -1.87. The third kappa shape index (κ3) is 5.62. The van der Waals surface area contributed by atoms with Crippen LogP contribution in [0.3, 0.4) is 0 Å². The summed E-state index contributed by atoms with van der Waals surface area (Å²) >= 11 is 0. The molecule has 0 spiro atoms. The first-order valence-corrected chi connectivity index (χ1v) is 11.9. The molecule has 2 heterocycles. The van der Waals surface area contributed by atoms with Crippen LogP contribution in [-0.4, -0.2) is 65.8 Å². The number of aromatic nitrogens is 1. The van der Waals surface area contributed by atoms with Crippen LogP contribution in [0.25, 0.3) is 0 Å². The number of nitrogens with one attached hydrogen (secondary N) is 1. The molecule has 1 aromatic heterocycles. The molecule has 0 aromatic carbocycles. The second-order valence-corrected chi connectivity index (χ2v) is 10.0. The molecule has 1 amide bonds. The van der Waals surface area contributed by atoms with Crippen molar-refractivity contribution >= 4 is 11.7 Å². The Morgan fingerprint density at radius 1 is 1.24 bits per heavy atom. The van der Waals surface area contributed by atoms with Gasteiger partial charge in [-0.25, -0.2) is 4.98 Å². The van der Waals surface area contributed by atoms with Gasteiger partial charge in [-0.15, -0.1) is 0 Å². The number of rotatable bonds is 7. The summed E-state index contributed by atoms with van der Waals surface area (Å²) in [6.45, 7) is 10.3. The van der Waals surface area contributed by atoms with Crippen LogP contribution in [0.2, 0.25) is 0 Å². The molecule has 0 radical (unpaired) electrons. The molecule has 1 aromatic rings. The van der Waals surface area contributed by atoms with Crippen LogP contribution in [-0.2, 0) is 11.0 Å². The fourth-order valence-electron chi connectivity index (χ4n) is 5.10. The van der Waals surface area contributed by atoms with Crippen LogP contribution in [0.4, 0.5) is 19.0 Å². The van der Waals surface area contributed by atoms with Crippen molar-refractivity contribution in [2.45, 2.75) is 65.2 Å². The van der Waals surface area contributed by atoms with Crippen molar-refractivity contribution in [1.29, 1.82) is 0 Å². The van der Waals surface area contributed by atoms with Crippen LogP contribution in [0, 0.1) is 17.3 Å². The van der Waals surface area contributed by atoms with E-state index < -0.39 is 17.2 Å². The quantitative estimate of drug-likeness (QED) is 0.638. The number of alkyl halides is 3. The topological polar surface area (TPSA) is 68.7 Å². The monoisotopic (exact) mass is 470 g/mol. The van der Waals surface area contributed by atoms with E-state index in [2.05, 4.69) is 31.1 Å². The van der Waals surface area contributed by atoms with Crippen LogP contribution >= 0.6 is 0 Å². The van der Waals surface area contributed by atoms with Crippen molar-refractivity contribution in [1.82, 2.24) is 15.2 Å². The third-order valence-electron chi connectivity index (χ3n) is 7.68. The van der Waals surface area contributed by atoms with Gasteiger partial charge < -0.3 is 20.2 Å².